The summed E-state index contributed by atoms with van der Waals surface area (Å²) in [5, 5.41) is 20.5. The van der Waals surface area contributed by atoms with Crippen LogP contribution in [0.3, 0.4) is 0 Å². The minimum absolute atomic E-state index is 0.0267. The van der Waals surface area contributed by atoms with E-state index in [1.165, 1.54) is 6.07 Å². The maximum absolute atomic E-state index is 12.8. The standard InChI is InChI=1S/C20H27N3O5/c1-14-4-8-21(9-5-14)17-3-2-16(13-18(17)23(27)28)20(26)22-10-6-15(7-11-22)12-19(24)25/h2-3,13-15H,4-12H2,1H3,(H,24,25). The number of hydrogen-bond donors (Lipinski definition) is 1. The molecule has 28 heavy (non-hydrogen) atoms. The molecule has 0 aliphatic carbocycles. The van der Waals surface area contributed by atoms with E-state index in [9.17, 15) is 19.7 Å². The van der Waals surface area contributed by atoms with Gasteiger partial charge in [-0.15, -0.1) is 0 Å². The maximum Gasteiger partial charge on any atom is 0.303 e. The molecule has 8 nitrogen and oxygen atoms in total. The lowest BCUT2D eigenvalue weighted by Crippen LogP contribution is -2.39. The molecule has 0 bridgehead atoms. The number of rotatable bonds is 5. The van der Waals surface area contributed by atoms with Crippen LogP contribution >= 0.6 is 0 Å². The van der Waals surface area contributed by atoms with Gasteiger partial charge in [-0.3, -0.25) is 19.7 Å². The van der Waals surface area contributed by atoms with Crippen LogP contribution in [-0.2, 0) is 4.79 Å². The van der Waals surface area contributed by atoms with Crippen LogP contribution in [0.5, 0.6) is 0 Å². The Morgan fingerprint density at radius 3 is 2.36 bits per heavy atom. The van der Waals surface area contributed by atoms with Crippen molar-refractivity contribution in [2.24, 2.45) is 11.8 Å². The van der Waals surface area contributed by atoms with Crippen LogP contribution in [-0.4, -0.2) is 53.0 Å². The number of benzene rings is 1. The maximum atomic E-state index is 12.8. The van der Waals surface area contributed by atoms with Crippen molar-refractivity contribution in [1.82, 2.24) is 4.90 Å². The number of amides is 1. The highest BCUT2D eigenvalue weighted by Crippen LogP contribution is 2.33. The number of carboxylic acid groups (broad SMARTS) is 1. The minimum Gasteiger partial charge on any atom is -0.481 e. The fourth-order valence-electron chi connectivity index (χ4n) is 4.09. The predicted molar refractivity (Wildman–Crippen MR) is 105 cm³/mol. The number of piperidine rings is 2. The number of nitrogens with zero attached hydrogens (tertiary/aromatic N) is 3. The molecule has 2 heterocycles. The number of likely N-dealkylation sites (tertiary alicyclic amines) is 1. The Hall–Kier alpha value is -2.64. The summed E-state index contributed by atoms with van der Waals surface area (Å²) in [6, 6.07) is 4.75. The van der Waals surface area contributed by atoms with Gasteiger partial charge in [-0.05, 0) is 49.7 Å². The van der Waals surface area contributed by atoms with Gasteiger partial charge in [-0.25, -0.2) is 0 Å². The third kappa shape index (κ3) is 4.61. The Kier molecular flexibility index (Phi) is 6.16. The topological polar surface area (TPSA) is 104 Å². The van der Waals surface area contributed by atoms with Crippen LogP contribution in [0.1, 0.15) is 49.4 Å². The lowest BCUT2D eigenvalue weighted by Gasteiger charge is -2.32. The Bertz CT molecular complexity index is 750. The Balaban J connectivity index is 1.72. The van der Waals surface area contributed by atoms with E-state index in [-0.39, 0.29) is 23.9 Å². The van der Waals surface area contributed by atoms with Crippen molar-refractivity contribution in [2.75, 3.05) is 31.1 Å². The second-order valence-corrected chi connectivity index (χ2v) is 7.96. The average Bonchev–Trinajstić information content (AvgIpc) is 2.68. The number of carbonyl (C=O) groups is 2. The molecule has 1 N–H and O–H groups in total. The van der Waals surface area contributed by atoms with Crippen LogP contribution in [0.4, 0.5) is 11.4 Å². The highest BCUT2D eigenvalue weighted by Gasteiger charge is 2.28. The number of aliphatic carboxylic acids is 1. The fraction of sp³-hybridized carbons (Fsp3) is 0.600. The first-order chi connectivity index (χ1) is 13.3. The zero-order chi connectivity index (χ0) is 20.3. The lowest BCUT2D eigenvalue weighted by molar-refractivity contribution is -0.384. The monoisotopic (exact) mass is 389 g/mol. The van der Waals surface area contributed by atoms with E-state index in [1.807, 2.05) is 4.90 Å². The highest BCUT2D eigenvalue weighted by molar-refractivity contribution is 5.96. The van der Waals surface area contributed by atoms with Gasteiger partial charge in [0.1, 0.15) is 5.69 Å². The Morgan fingerprint density at radius 1 is 1.14 bits per heavy atom. The predicted octanol–water partition coefficient (Wildman–Crippen LogP) is 3.16. The fourth-order valence-corrected chi connectivity index (χ4v) is 4.09. The molecule has 3 rings (SSSR count). The number of nitro benzene ring substituents is 1. The summed E-state index contributed by atoms with van der Waals surface area (Å²) in [7, 11) is 0. The van der Waals surface area contributed by atoms with E-state index in [2.05, 4.69) is 6.92 Å². The molecule has 0 radical (unpaired) electrons. The van der Waals surface area contributed by atoms with E-state index in [4.69, 9.17) is 5.11 Å². The first kappa shape index (κ1) is 20.1. The van der Waals surface area contributed by atoms with Crippen molar-refractivity contribution >= 4 is 23.3 Å². The molecule has 2 aliphatic rings. The molecular formula is C20H27N3O5. The smallest absolute Gasteiger partial charge is 0.303 e. The van der Waals surface area contributed by atoms with Crippen molar-refractivity contribution in [2.45, 2.75) is 39.0 Å². The summed E-state index contributed by atoms with van der Waals surface area (Å²) in [4.78, 5) is 38.6. The van der Waals surface area contributed by atoms with Gasteiger partial charge < -0.3 is 14.9 Å². The zero-order valence-corrected chi connectivity index (χ0v) is 16.2. The third-order valence-electron chi connectivity index (χ3n) is 5.91. The van der Waals surface area contributed by atoms with Crippen LogP contribution in [0, 0.1) is 22.0 Å². The van der Waals surface area contributed by atoms with Crippen molar-refractivity contribution in [3.63, 3.8) is 0 Å². The number of anilines is 1. The third-order valence-corrected chi connectivity index (χ3v) is 5.91. The van der Waals surface area contributed by atoms with Crippen molar-refractivity contribution in [3.8, 4) is 0 Å². The Morgan fingerprint density at radius 2 is 1.79 bits per heavy atom. The molecular weight excluding hydrogens is 362 g/mol. The molecule has 1 aromatic rings. The van der Waals surface area contributed by atoms with E-state index in [1.54, 1.807) is 17.0 Å². The number of carboxylic acids is 1. The second-order valence-electron chi connectivity index (χ2n) is 7.96. The van der Waals surface area contributed by atoms with Crippen LogP contribution in [0.25, 0.3) is 0 Å². The van der Waals surface area contributed by atoms with Gasteiger partial charge >= 0.3 is 5.97 Å². The van der Waals surface area contributed by atoms with Crippen molar-refractivity contribution in [3.05, 3.63) is 33.9 Å². The molecule has 0 unspecified atom stereocenters. The molecule has 0 saturated carbocycles. The van der Waals surface area contributed by atoms with E-state index in [0.29, 0.717) is 43.1 Å². The SMILES string of the molecule is CC1CCN(c2ccc(C(=O)N3CCC(CC(=O)O)CC3)cc2[N+](=O)[O-])CC1. The first-order valence-electron chi connectivity index (χ1n) is 9.89. The lowest BCUT2D eigenvalue weighted by atomic mass is 9.93. The van der Waals surface area contributed by atoms with Gasteiger partial charge in [0.15, 0.2) is 0 Å². The summed E-state index contributed by atoms with van der Waals surface area (Å²) in [5.74, 6) is -0.334. The largest absolute Gasteiger partial charge is 0.481 e. The second kappa shape index (κ2) is 8.58. The number of nitro groups is 1. The van der Waals surface area contributed by atoms with E-state index >= 15 is 0 Å². The van der Waals surface area contributed by atoms with Crippen LogP contribution in [0.2, 0.25) is 0 Å². The van der Waals surface area contributed by atoms with Crippen LogP contribution in [0.15, 0.2) is 18.2 Å². The molecule has 152 valence electrons. The number of hydrogen-bond acceptors (Lipinski definition) is 5. The molecule has 1 amide bonds. The minimum atomic E-state index is -0.817. The van der Waals surface area contributed by atoms with Gasteiger partial charge in [0.25, 0.3) is 11.6 Å². The summed E-state index contributed by atoms with van der Waals surface area (Å²) in [6.45, 7) is 4.72. The molecule has 8 heteroatoms. The van der Waals surface area contributed by atoms with Crippen LogP contribution < -0.4 is 4.90 Å². The number of carbonyl (C=O) groups excluding carboxylic acids is 1. The van der Waals surface area contributed by atoms with Gasteiger partial charge in [0.2, 0.25) is 0 Å². The first-order valence-corrected chi connectivity index (χ1v) is 9.89. The molecule has 0 atom stereocenters. The highest BCUT2D eigenvalue weighted by atomic mass is 16.6. The van der Waals surface area contributed by atoms with Gasteiger partial charge in [0, 0.05) is 44.2 Å². The van der Waals surface area contributed by atoms with Crippen molar-refractivity contribution < 1.29 is 19.6 Å². The molecule has 1 aromatic carbocycles. The van der Waals surface area contributed by atoms with E-state index in [0.717, 1.165) is 25.9 Å². The molecule has 2 aliphatic heterocycles. The van der Waals surface area contributed by atoms with Gasteiger partial charge in [-0.2, -0.15) is 0 Å². The van der Waals surface area contributed by atoms with Gasteiger partial charge in [-0.1, -0.05) is 6.92 Å². The average molecular weight is 389 g/mol. The Labute approximate surface area is 164 Å². The zero-order valence-electron chi connectivity index (χ0n) is 16.2. The summed E-state index contributed by atoms with van der Waals surface area (Å²) in [6.07, 6.45) is 3.41. The van der Waals surface area contributed by atoms with Gasteiger partial charge in [0.05, 0.1) is 4.92 Å². The molecule has 0 aromatic heterocycles. The molecule has 2 fully saturated rings. The molecule has 0 spiro atoms. The van der Waals surface area contributed by atoms with Crippen molar-refractivity contribution in [1.29, 1.82) is 0 Å². The summed E-state index contributed by atoms with van der Waals surface area (Å²) in [5.41, 5.74) is 0.868. The van der Waals surface area contributed by atoms with E-state index < -0.39 is 10.9 Å². The normalized spacial score (nSPS) is 18.9. The summed E-state index contributed by atoms with van der Waals surface area (Å²) < 4.78 is 0. The summed E-state index contributed by atoms with van der Waals surface area (Å²) >= 11 is 0. The molecule has 2 saturated heterocycles. The quantitative estimate of drug-likeness (QED) is 0.613.